The van der Waals surface area contributed by atoms with Gasteiger partial charge in [-0.25, -0.2) is 4.79 Å². The Morgan fingerprint density at radius 3 is 2.18 bits per heavy atom. The summed E-state index contributed by atoms with van der Waals surface area (Å²) in [6.45, 7) is 5.09. The van der Waals surface area contributed by atoms with Crippen molar-refractivity contribution >= 4 is 12.4 Å². The van der Waals surface area contributed by atoms with Crippen LogP contribution in [0, 0.1) is 5.41 Å². The van der Waals surface area contributed by atoms with Crippen molar-refractivity contribution in [3.63, 3.8) is 0 Å². The zero-order chi connectivity index (χ0) is 8.20. The van der Waals surface area contributed by atoms with Gasteiger partial charge in [0.25, 0.3) is 0 Å². The van der Waals surface area contributed by atoms with Gasteiger partial charge in [-0.3, -0.25) is 4.79 Å². The molecule has 5 heteroatoms. The predicted molar refractivity (Wildman–Crippen MR) is 34.7 cm³/mol. The number of hydrogen-bond donors (Lipinski definition) is 1. The van der Waals surface area contributed by atoms with Crippen molar-refractivity contribution in [3.05, 3.63) is 0 Å². The molecular weight excluding hydrogens is 198 g/mol. The SMILES string of the molecule is CC(C)(C)C(=O)ONC=O.[Cu]. The molecule has 0 spiro atoms. The minimum Gasteiger partial charge on any atom is -0.340 e. The smallest absolute Gasteiger partial charge is 0.337 e. The van der Waals surface area contributed by atoms with Crippen LogP contribution in [0.4, 0.5) is 0 Å². The summed E-state index contributed by atoms with van der Waals surface area (Å²) in [5, 5.41) is 0. The summed E-state index contributed by atoms with van der Waals surface area (Å²) in [5.74, 6) is -0.459. The molecule has 1 N–H and O–H groups in total. The van der Waals surface area contributed by atoms with E-state index in [9.17, 15) is 9.59 Å². The Kier molecular flexibility index (Phi) is 6.13. The van der Waals surface area contributed by atoms with E-state index in [4.69, 9.17) is 0 Å². The van der Waals surface area contributed by atoms with E-state index in [1.54, 1.807) is 20.8 Å². The summed E-state index contributed by atoms with van der Waals surface area (Å²) in [6, 6.07) is 0. The fourth-order valence-electron chi connectivity index (χ4n) is 0.231. The van der Waals surface area contributed by atoms with E-state index in [-0.39, 0.29) is 17.1 Å². The van der Waals surface area contributed by atoms with Crippen molar-refractivity contribution < 1.29 is 31.5 Å². The van der Waals surface area contributed by atoms with Crippen LogP contribution in [0.3, 0.4) is 0 Å². The maximum atomic E-state index is 10.8. The molecule has 4 nitrogen and oxygen atoms in total. The van der Waals surface area contributed by atoms with Crippen LogP contribution >= 0.6 is 0 Å². The van der Waals surface area contributed by atoms with E-state index < -0.39 is 11.4 Å². The first-order valence-corrected chi connectivity index (χ1v) is 2.89. The van der Waals surface area contributed by atoms with E-state index in [1.807, 2.05) is 5.48 Å². The molecule has 0 atom stereocenters. The molecule has 0 bridgehead atoms. The molecule has 0 saturated carbocycles. The number of amides is 1. The van der Waals surface area contributed by atoms with Gasteiger partial charge in [-0.1, -0.05) is 0 Å². The van der Waals surface area contributed by atoms with E-state index in [0.717, 1.165) is 0 Å². The molecule has 0 aromatic carbocycles. The normalized spacial score (nSPS) is 9.36. The molecule has 0 unspecified atom stereocenters. The summed E-state index contributed by atoms with van der Waals surface area (Å²) >= 11 is 0. The summed E-state index contributed by atoms with van der Waals surface area (Å²) in [5.41, 5.74) is 1.25. The van der Waals surface area contributed by atoms with E-state index in [1.165, 1.54) is 0 Å². The first-order chi connectivity index (χ1) is 4.48. The van der Waals surface area contributed by atoms with Gasteiger partial charge in [0.2, 0.25) is 6.41 Å². The molecule has 1 radical (unpaired) electrons. The molecular formula is C6H11CuNO3. The Labute approximate surface area is 76.1 Å². The number of hydroxylamine groups is 1. The van der Waals surface area contributed by atoms with Crippen molar-refractivity contribution in [2.75, 3.05) is 0 Å². The van der Waals surface area contributed by atoms with Crippen molar-refractivity contribution in [3.8, 4) is 0 Å². The third-order valence-corrected chi connectivity index (χ3v) is 0.812. The van der Waals surface area contributed by atoms with Crippen LogP contribution in [-0.4, -0.2) is 12.4 Å². The van der Waals surface area contributed by atoms with Crippen molar-refractivity contribution in [1.82, 2.24) is 5.48 Å². The van der Waals surface area contributed by atoms with Crippen molar-refractivity contribution in [1.29, 1.82) is 0 Å². The second-order valence-electron chi connectivity index (χ2n) is 2.88. The third kappa shape index (κ3) is 5.88. The van der Waals surface area contributed by atoms with Gasteiger partial charge in [0, 0.05) is 17.1 Å². The Balaban J connectivity index is 0. The second-order valence-corrected chi connectivity index (χ2v) is 2.88. The van der Waals surface area contributed by atoms with Gasteiger partial charge in [0.15, 0.2) is 0 Å². The minimum absolute atomic E-state index is 0. The Morgan fingerprint density at radius 1 is 1.45 bits per heavy atom. The maximum Gasteiger partial charge on any atom is 0.337 e. The number of hydrogen-bond acceptors (Lipinski definition) is 3. The van der Waals surface area contributed by atoms with Gasteiger partial charge < -0.3 is 4.84 Å². The Bertz CT molecular complexity index is 141. The zero-order valence-electron chi connectivity index (χ0n) is 6.60. The van der Waals surface area contributed by atoms with Gasteiger partial charge in [-0.15, -0.1) is 0 Å². The van der Waals surface area contributed by atoms with Crippen LogP contribution in [0.1, 0.15) is 20.8 Å². The molecule has 0 aliphatic rings. The molecule has 11 heavy (non-hydrogen) atoms. The fourth-order valence-corrected chi connectivity index (χ4v) is 0.231. The van der Waals surface area contributed by atoms with E-state index in [2.05, 4.69) is 4.84 Å². The molecule has 0 rings (SSSR count). The second kappa shape index (κ2) is 5.15. The minimum atomic E-state index is -0.573. The van der Waals surface area contributed by atoms with Crippen LogP contribution in [0.5, 0.6) is 0 Å². The van der Waals surface area contributed by atoms with Crippen LogP contribution in [0.15, 0.2) is 0 Å². The fraction of sp³-hybridized carbons (Fsp3) is 0.667. The van der Waals surface area contributed by atoms with Crippen LogP contribution in [0.25, 0.3) is 0 Å². The first kappa shape index (κ1) is 13.1. The quantitative estimate of drug-likeness (QED) is 0.402. The Hall–Kier alpha value is -0.541. The van der Waals surface area contributed by atoms with Crippen LogP contribution in [0.2, 0.25) is 0 Å². The van der Waals surface area contributed by atoms with Gasteiger partial charge >= 0.3 is 5.97 Å². The van der Waals surface area contributed by atoms with E-state index >= 15 is 0 Å². The number of rotatable bonds is 2. The zero-order valence-corrected chi connectivity index (χ0v) is 7.55. The molecule has 0 aliphatic carbocycles. The third-order valence-electron chi connectivity index (χ3n) is 0.812. The van der Waals surface area contributed by atoms with Gasteiger partial charge in [0.05, 0.1) is 5.41 Å². The maximum absolute atomic E-state index is 10.8. The average molecular weight is 209 g/mol. The van der Waals surface area contributed by atoms with Gasteiger partial charge in [0.1, 0.15) is 0 Å². The molecule has 0 saturated heterocycles. The molecule has 0 aromatic rings. The Morgan fingerprint density at radius 2 is 1.91 bits per heavy atom. The number of nitrogens with one attached hydrogen (secondary N) is 1. The number of carbonyl (C=O) groups excluding carboxylic acids is 2. The molecule has 0 aliphatic heterocycles. The molecule has 69 valence electrons. The molecule has 0 heterocycles. The van der Waals surface area contributed by atoms with Crippen LogP contribution in [-0.2, 0) is 31.5 Å². The number of carbonyl (C=O) groups is 2. The van der Waals surface area contributed by atoms with Gasteiger partial charge in [-0.05, 0) is 20.8 Å². The first-order valence-electron chi connectivity index (χ1n) is 2.89. The summed E-state index contributed by atoms with van der Waals surface area (Å²) in [6.07, 6.45) is 0.309. The van der Waals surface area contributed by atoms with Gasteiger partial charge in [-0.2, -0.15) is 5.48 Å². The van der Waals surface area contributed by atoms with Crippen molar-refractivity contribution in [2.24, 2.45) is 5.41 Å². The summed E-state index contributed by atoms with van der Waals surface area (Å²) in [7, 11) is 0. The standard InChI is InChI=1S/C6H11NO3.Cu/c1-6(2,3)5(9)10-7-4-8;/h4H,1-3H3,(H,7,8);. The average Bonchev–Trinajstić information content (AvgIpc) is 1.80. The topological polar surface area (TPSA) is 55.4 Å². The largest absolute Gasteiger partial charge is 0.340 e. The monoisotopic (exact) mass is 208 g/mol. The summed E-state index contributed by atoms with van der Waals surface area (Å²) < 4.78 is 0. The molecule has 1 amide bonds. The molecule has 0 fully saturated rings. The summed E-state index contributed by atoms with van der Waals surface area (Å²) in [4.78, 5) is 24.7. The van der Waals surface area contributed by atoms with Crippen molar-refractivity contribution in [2.45, 2.75) is 20.8 Å². The molecule has 0 aromatic heterocycles. The predicted octanol–water partition coefficient (Wildman–Crippen LogP) is 0.234. The van der Waals surface area contributed by atoms with E-state index in [0.29, 0.717) is 6.41 Å². The van der Waals surface area contributed by atoms with Crippen LogP contribution < -0.4 is 5.48 Å².